The van der Waals surface area contributed by atoms with E-state index in [-0.39, 0.29) is 5.92 Å². The van der Waals surface area contributed by atoms with Crippen molar-refractivity contribution < 1.29 is 18.6 Å². The zero-order valence-corrected chi connectivity index (χ0v) is 14.7. The summed E-state index contributed by atoms with van der Waals surface area (Å²) < 4.78 is 22.2. The normalized spacial score (nSPS) is 15.8. The first kappa shape index (κ1) is 16.3. The molecule has 1 atom stereocenters. The average molecular weight is 350 g/mol. The number of allylic oxidation sites excluding steroid dienone is 2. The second-order valence-electron chi connectivity index (χ2n) is 6.10. The largest absolute Gasteiger partial charge is 0.493 e. The van der Waals surface area contributed by atoms with Crippen molar-refractivity contribution in [1.82, 2.24) is 0 Å². The van der Waals surface area contributed by atoms with Gasteiger partial charge in [0.2, 0.25) is 0 Å². The van der Waals surface area contributed by atoms with Crippen molar-refractivity contribution >= 4 is 11.0 Å². The van der Waals surface area contributed by atoms with E-state index in [4.69, 9.17) is 18.6 Å². The molecule has 0 N–H and O–H groups in total. The molecule has 1 aromatic heterocycles. The average Bonchev–Trinajstić information content (AvgIpc) is 2.66. The maximum Gasteiger partial charge on any atom is 0.344 e. The maximum atomic E-state index is 12.7. The third-order valence-corrected chi connectivity index (χ3v) is 4.54. The third-order valence-electron chi connectivity index (χ3n) is 4.54. The fourth-order valence-electron chi connectivity index (χ4n) is 3.34. The van der Waals surface area contributed by atoms with Gasteiger partial charge in [-0.15, -0.1) is 0 Å². The van der Waals surface area contributed by atoms with Gasteiger partial charge in [0.25, 0.3) is 0 Å². The van der Waals surface area contributed by atoms with Crippen LogP contribution in [0.3, 0.4) is 0 Å². The molecule has 0 spiro atoms. The molecule has 132 valence electrons. The second kappa shape index (κ2) is 6.26. The molecule has 0 saturated carbocycles. The SMILES string of the molecule is COc1ccc(C2C=C(C)Oc3c2c(=O)oc2ccccc32)cc1OC. The van der Waals surface area contributed by atoms with Crippen molar-refractivity contribution in [3.05, 3.63) is 75.8 Å². The predicted molar refractivity (Wildman–Crippen MR) is 98.3 cm³/mol. The maximum absolute atomic E-state index is 12.7. The van der Waals surface area contributed by atoms with Gasteiger partial charge in [0.05, 0.1) is 30.9 Å². The van der Waals surface area contributed by atoms with E-state index >= 15 is 0 Å². The highest BCUT2D eigenvalue weighted by atomic mass is 16.5. The van der Waals surface area contributed by atoms with E-state index in [0.717, 1.165) is 16.7 Å². The number of hydrogen-bond donors (Lipinski definition) is 0. The molecule has 0 aliphatic carbocycles. The van der Waals surface area contributed by atoms with Crippen LogP contribution in [0.5, 0.6) is 17.2 Å². The molecule has 1 aliphatic heterocycles. The van der Waals surface area contributed by atoms with Gasteiger partial charge >= 0.3 is 5.63 Å². The smallest absolute Gasteiger partial charge is 0.344 e. The van der Waals surface area contributed by atoms with Crippen molar-refractivity contribution in [2.24, 2.45) is 0 Å². The summed E-state index contributed by atoms with van der Waals surface area (Å²) in [5.41, 5.74) is 1.50. The van der Waals surface area contributed by atoms with Gasteiger partial charge in [-0.2, -0.15) is 0 Å². The van der Waals surface area contributed by atoms with E-state index in [0.29, 0.717) is 28.4 Å². The molecule has 4 rings (SSSR count). The van der Waals surface area contributed by atoms with E-state index in [9.17, 15) is 4.79 Å². The van der Waals surface area contributed by atoms with Gasteiger partial charge in [-0.05, 0) is 42.8 Å². The standard InChI is InChI=1S/C21H18O5/c1-12-10-15(13-8-9-17(23-2)18(11-13)24-3)19-20(25-12)14-6-4-5-7-16(14)26-21(19)22/h4-11,15H,1-3H3. The number of fused-ring (bicyclic) bond motifs is 3. The molecule has 2 heterocycles. The van der Waals surface area contributed by atoms with E-state index in [1.807, 2.05) is 49.4 Å². The minimum Gasteiger partial charge on any atom is -0.493 e. The molecule has 5 heteroatoms. The molecule has 0 radical (unpaired) electrons. The predicted octanol–water partition coefficient (Wildman–Crippen LogP) is 4.24. The third kappa shape index (κ3) is 2.52. The first-order chi connectivity index (χ1) is 12.6. The summed E-state index contributed by atoms with van der Waals surface area (Å²) in [6, 6.07) is 13.0. The molecule has 0 bridgehead atoms. The van der Waals surface area contributed by atoms with Crippen LogP contribution in [0.4, 0.5) is 0 Å². The summed E-state index contributed by atoms with van der Waals surface area (Å²) in [5, 5.41) is 0.778. The quantitative estimate of drug-likeness (QED) is 0.661. The van der Waals surface area contributed by atoms with Gasteiger partial charge < -0.3 is 18.6 Å². The highest BCUT2D eigenvalue weighted by Gasteiger charge is 2.29. The van der Waals surface area contributed by atoms with E-state index < -0.39 is 5.63 Å². The summed E-state index contributed by atoms with van der Waals surface area (Å²) in [6.45, 7) is 1.88. The summed E-state index contributed by atoms with van der Waals surface area (Å²) in [5.74, 6) is 2.23. The highest BCUT2D eigenvalue weighted by molar-refractivity contribution is 5.85. The minimum atomic E-state index is -0.401. The van der Waals surface area contributed by atoms with E-state index in [1.165, 1.54) is 0 Å². The van der Waals surface area contributed by atoms with Crippen LogP contribution in [-0.4, -0.2) is 14.2 Å². The molecule has 3 aromatic rings. The Morgan fingerprint density at radius 1 is 1.00 bits per heavy atom. The molecular weight excluding hydrogens is 332 g/mol. The Hall–Kier alpha value is -3.21. The molecule has 5 nitrogen and oxygen atoms in total. The second-order valence-corrected chi connectivity index (χ2v) is 6.10. The molecule has 0 saturated heterocycles. The minimum absolute atomic E-state index is 0.292. The Morgan fingerprint density at radius 2 is 1.77 bits per heavy atom. The van der Waals surface area contributed by atoms with Crippen LogP contribution in [0.15, 0.2) is 63.5 Å². The van der Waals surface area contributed by atoms with Gasteiger partial charge in [0, 0.05) is 5.92 Å². The van der Waals surface area contributed by atoms with Crippen LogP contribution >= 0.6 is 0 Å². The van der Waals surface area contributed by atoms with E-state index in [1.54, 1.807) is 20.3 Å². The molecule has 1 aliphatic rings. The zero-order valence-electron chi connectivity index (χ0n) is 14.7. The molecular formula is C21H18O5. The van der Waals surface area contributed by atoms with Crippen molar-refractivity contribution in [2.45, 2.75) is 12.8 Å². The molecule has 0 fully saturated rings. The lowest BCUT2D eigenvalue weighted by Gasteiger charge is -2.24. The summed E-state index contributed by atoms with van der Waals surface area (Å²) in [6.07, 6.45) is 1.91. The number of rotatable bonds is 3. The lowest BCUT2D eigenvalue weighted by molar-refractivity contribution is 0.354. The van der Waals surface area contributed by atoms with Crippen LogP contribution in [0.1, 0.15) is 24.0 Å². The zero-order chi connectivity index (χ0) is 18.3. The van der Waals surface area contributed by atoms with Crippen molar-refractivity contribution in [1.29, 1.82) is 0 Å². The number of benzene rings is 2. The highest BCUT2D eigenvalue weighted by Crippen LogP contribution is 2.42. The van der Waals surface area contributed by atoms with Crippen LogP contribution in [-0.2, 0) is 0 Å². The van der Waals surface area contributed by atoms with Crippen molar-refractivity contribution in [2.75, 3.05) is 14.2 Å². The van der Waals surface area contributed by atoms with Crippen LogP contribution in [0, 0.1) is 0 Å². The van der Waals surface area contributed by atoms with Crippen molar-refractivity contribution in [3.63, 3.8) is 0 Å². The summed E-state index contributed by atoms with van der Waals surface area (Å²) >= 11 is 0. The van der Waals surface area contributed by atoms with E-state index in [2.05, 4.69) is 0 Å². The Labute approximate surface area is 150 Å². The number of hydrogen-bond acceptors (Lipinski definition) is 5. The Bertz CT molecular complexity index is 1080. The van der Waals surface area contributed by atoms with Crippen LogP contribution in [0.2, 0.25) is 0 Å². The van der Waals surface area contributed by atoms with Crippen LogP contribution in [0.25, 0.3) is 11.0 Å². The lowest BCUT2D eigenvalue weighted by atomic mass is 9.88. The fraction of sp³-hybridized carbons (Fsp3) is 0.190. The van der Waals surface area contributed by atoms with Gasteiger partial charge in [-0.25, -0.2) is 4.79 Å². The summed E-state index contributed by atoms with van der Waals surface area (Å²) in [7, 11) is 3.18. The molecule has 2 aromatic carbocycles. The molecule has 26 heavy (non-hydrogen) atoms. The monoisotopic (exact) mass is 350 g/mol. The molecule has 0 amide bonds. The Morgan fingerprint density at radius 3 is 2.54 bits per heavy atom. The number of ether oxygens (including phenoxy) is 3. The number of methoxy groups -OCH3 is 2. The topological polar surface area (TPSA) is 57.9 Å². The summed E-state index contributed by atoms with van der Waals surface area (Å²) in [4.78, 5) is 12.7. The van der Waals surface area contributed by atoms with Crippen molar-refractivity contribution in [3.8, 4) is 17.2 Å². The van der Waals surface area contributed by atoms with Gasteiger partial charge in [0.15, 0.2) is 11.5 Å². The molecule has 1 unspecified atom stereocenters. The Balaban J connectivity index is 1.96. The number of para-hydroxylation sites is 1. The van der Waals surface area contributed by atoms with Crippen LogP contribution < -0.4 is 19.8 Å². The fourth-order valence-corrected chi connectivity index (χ4v) is 3.34. The first-order valence-electron chi connectivity index (χ1n) is 8.26. The lowest BCUT2D eigenvalue weighted by Crippen LogP contribution is -2.19. The van der Waals surface area contributed by atoms with Gasteiger partial charge in [-0.1, -0.05) is 18.2 Å². The Kier molecular flexibility index (Phi) is 3.92. The van der Waals surface area contributed by atoms with Gasteiger partial charge in [-0.3, -0.25) is 0 Å². The first-order valence-corrected chi connectivity index (χ1v) is 8.26. The van der Waals surface area contributed by atoms with Gasteiger partial charge in [0.1, 0.15) is 11.3 Å².